The van der Waals surface area contributed by atoms with Crippen LogP contribution in [-0.4, -0.2) is 15.9 Å². The zero-order valence-corrected chi connectivity index (χ0v) is 13.7. The number of amides is 1. The lowest BCUT2D eigenvalue weighted by Crippen LogP contribution is -2.14. The van der Waals surface area contributed by atoms with Crippen molar-refractivity contribution in [2.75, 3.05) is 10.6 Å². The molecular weight excluding hydrogens is 372 g/mol. The molecule has 0 atom stereocenters. The van der Waals surface area contributed by atoms with Crippen LogP contribution >= 0.6 is 11.3 Å². The number of hydrogen-bond acceptors (Lipinski definition) is 5. The normalized spacial score (nSPS) is 11.2. The number of pyridine rings is 1. The first kappa shape index (κ1) is 17.8. The van der Waals surface area contributed by atoms with E-state index in [0.717, 1.165) is 17.4 Å². The molecule has 2 N–H and O–H groups in total. The number of nitrogens with one attached hydrogen (secondary N) is 2. The van der Waals surface area contributed by atoms with E-state index in [1.54, 1.807) is 24.4 Å². The Labute approximate surface area is 148 Å². The van der Waals surface area contributed by atoms with Gasteiger partial charge < -0.3 is 10.6 Å². The molecule has 3 aromatic rings. The van der Waals surface area contributed by atoms with Crippen molar-refractivity contribution in [2.24, 2.45) is 0 Å². The van der Waals surface area contributed by atoms with Crippen LogP contribution in [0, 0.1) is 5.82 Å². The Morgan fingerprint density at radius 1 is 1.15 bits per heavy atom. The Kier molecular flexibility index (Phi) is 4.85. The number of hydrogen-bond donors (Lipinski definition) is 2. The summed E-state index contributed by atoms with van der Waals surface area (Å²) in [5.74, 6) is -1.59. The van der Waals surface area contributed by atoms with Gasteiger partial charge in [-0.15, -0.1) is 11.3 Å². The highest BCUT2D eigenvalue weighted by atomic mass is 32.1. The monoisotopic (exact) mass is 382 g/mol. The van der Waals surface area contributed by atoms with Crippen molar-refractivity contribution in [3.05, 3.63) is 65.0 Å². The summed E-state index contributed by atoms with van der Waals surface area (Å²) in [4.78, 5) is 20.2. The molecule has 0 spiro atoms. The predicted molar refractivity (Wildman–Crippen MR) is 89.0 cm³/mol. The molecule has 1 amide bonds. The van der Waals surface area contributed by atoms with Crippen LogP contribution in [0.5, 0.6) is 0 Å². The summed E-state index contributed by atoms with van der Waals surface area (Å²) in [6.07, 6.45) is -3.28. The van der Waals surface area contributed by atoms with Crippen molar-refractivity contribution < 1.29 is 22.4 Å². The van der Waals surface area contributed by atoms with Crippen LogP contribution in [0.2, 0.25) is 0 Å². The quantitative estimate of drug-likeness (QED) is 0.643. The average molecular weight is 382 g/mol. The Morgan fingerprint density at radius 3 is 2.65 bits per heavy atom. The van der Waals surface area contributed by atoms with Gasteiger partial charge in [-0.2, -0.15) is 13.2 Å². The first-order valence-corrected chi connectivity index (χ1v) is 8.02. The van der Waals surface area contributed by atoms with E-state index in [1.165, 1.54) is 5.38 Å². The van der Waals surface area contributed by atoms with Crippen LogP contribution in [0.4, 0.5) is 34.2 Å². The summed E-state index contributed by atoms with van der Waals surface area (Å²) in [6, 6.07) is 7.44. The summed E-state index contributed by atoms with van der Waals surface area (Å²) in [6.45, 7) is 0. The number of carbonyl (C=O) groups excluding carboxylic acids is 1. The van der Waals surface area contributed by atoms with Crippen LogP contribution in [0.15, 0.2) is 48.0 Å². The number of nitrogens with zero attached hydrogens (tertiary/aromatic N) is 2. The van der Waals surface area contributed by atoms with Gasteiger partial charge in [0.15, 0.2) is 5.13 Å². The third kappa shape index (κ3) is 4.14. The van der Waals surface area contributed by atoms with Crippen molar-refractivity contribution in [3.8, 4) is 0 Å². The van der Waals surface area contributed by atoms with E-state index in [0.29, 0.717) is 23.1 Å². The van der Waals surface area contributed by atoms with Crippen molar-refractivity contribution in [1.82, 2.24) is 9.97 Å². The fourth-order valence-electron chi connectivity index (χ4n) is 2.00. The largest absolute Gasteiger partial charge is 0.419 e. The molecule has 10 heteroatoms. The van der Waals surface area contributed by atoms with Crippen molar-refractivity contribution >= 4 is 33.9 Å². The van der Waals surface area contributed by atoms with Crippen molar-refractivity contribution in [2.45, 2.75) is 6.18 Å². The van der Waals surface area contributed by atoms with E-state index in [2.05, 4.69) is 20.6 Å². The molecule has 26 heavy (non-hydrogen) atoms. The molecule has 134 valence electrons. The zero-order valence-electron chi connectivity index (χ0n) is 12.8. The second-order valence-electron chi connectivity index (χ2n) is 5.02. The lowest BCUT2D eigenvalue weighted by Gasteiger charge is -2.10. The highest BCUT2D eigenvalue weighted by Crippen LogP contribution is 2.33. The van der Waals surface area contributed by atoms with Gasteiger partial charge in [0.1, 0.15) is 17.3 Å². The maximum absolute atomic E-state index is 13.3. The summed E-state index contributed by atoms with van der Waals surface area (Å²) < 4.78 is 51.4. The summed E-state index contributed by atoms with van der Waals surface area (Å²) >= 11 is 1.13. The van der Waals surface area contributed by atoms with Gasteiger partial charge in [-0.1, -0.05) is 6.07 Å². The van der Waals surface area contributed by atoms with Gasteiger partial charge in [0.25, 0.3) is 5.91 Å². The van der Waals surface area contributed by atoms with Gasteiger partial charge in [-0.25, -0.2) is 14.4 Å². The fourth-order valence-corrected chi connectivity index (χ4v) is 2.69. The third-order valence-corrected chi connectivity index (χ3v) is 3.92. The molecule has 3 rings (SSSR count). The number of carbonyl (C=O) groups is 1. The number of thiazole rings is 1. The topological polar surface area (TPSA) is 66.9 Å². The molecule has 0 aliphatic heterocycles. The minimum absolute atomic E-state index is 0.00585. The average Bonchev–Trinajstić information content (AvgIpc) is 3.05. The molecule has 0 radical (unpaired) electrons. The Balaban J connectivity index is 1.73. The van der Waals surface area contributed by atoms with Crippen LogP contribution in [-0.2, 0) is 6.18 Å². The molecule has 2 aromatic heterocycles. The predicted octanol–water partition coefficient (Wildman–Crippen LogP) is 4.69. The summed E-state index contributed by atoms with van der Waals surface area (Å²) in [7, 11) is 0. The third-order valence-electron chi connectivity index (χ3n) is 3.17. The molecular formula is C16H10F4N4OS. The number of alkyl halides is 3. The second-order valence-corrected chi connectivity index (χ2v) is 5.88. The lowest BCUT2D eigenvalue weighted by molar-refractivity contribution is -0.139. The Bertz CT molecular complexity index is 927. The van der Waals surface area contributed by atoms with Gasteiger partial charge in [0.05, 0.1) is 5.56 Å². The Hall–Kier alpha value is -3.01. The van der Waals surface area contributed by atoms with Crippen LogP contribution < -0.4 is 10.6 Å². The summed E-state index contributed by atoms with van der Waals surface area (Å²) in [5.41, 5.74) is -1.63. The minimum atomic E-state index is -4.86. The number of halogens is 4. The maximum atomic E-state index is 13.3. The van der Waals surface area contributed by atoms with Gasteiger partial charge in [0, 0.05) is 17.3 Å². The van der Waals surface area contributed by atoms with Crippen LogP contribution in [0.25, 0.3) is 0 Å². The van der Waals surface area contributed by atoms with Crippen LogP contribution in [0.1, 0.15) is 16.1 Å². The highest BCUT2D eigenvalue weighted by Gasteiger charge is 2.34. The molecule has 0 saturated carbocycles. The van der Waals surface area contributed by atoms with E-state index < -0.39 is 23.5 Å². The molecule has 0 aliphatic carbocycles. The smallest absolute Gasteiger partial charge is 0.321 e. The molecule has 0 aliphatic rings. The SMILES string of the molecule is O=C(Nc1ccc(F)c(C(F)(F)F)c1)c1csc(Nc2ccccn2)n1. The molecule has 0 unspecified atom stereocenters. The number of aromatic nitrogens is 2. The number of rotatable bonds is 4. The molecule has 5 nitrogen and oxygen atoms in total. The lowest BCUT2D eigenvalue weighted by atomic mass is 10.2. The van der Waals surface area contributed by atoms with E-state index in [1.807, 2.05) is 0 Å². The maximum Gasteiger partial charge on any atom is 0.419 e. The van der Waals surface area contributed by atoms with E-state index in [9.17, 15) is 22.4 Å². The first-order chi connectivity index (χ1) is 12.3. The van der Waals surface area contributed by atoms with Crippen molar-refractivity contribution in [3.63, 3.8) is 0 Å². The van der Waals surface area contributed by atoms with Crippen LogP contribution in [0.3, 0.4) is 0 Å². The second kappa shape index (κ2) is 7.08. The fraction of sp³-hybridized carbons (Fsp3) is 0.0625. The van der Waals surface area contributed by atoms with E-state index in [-0.39, 0.29) is 11.4 Å². The molecule has 0 fully saturated rings. The zero-order chi connectivity index (χ0) is 18.7. The standard InChI is InChI=1S/C16H10F4N4OS/c17-11-5-4-9(7-10(11)16(18,19)20)22-14(25)12-8-26-15(23-12)24-13-3-1-2-6-21-13/h1-8H,(H,22,25)(H,21,23,24). The van der Waals surface area contributed by atoms with Gasteiger partial charge in [-0.05, 0) is 30.3 Å². The number of anilines is 3. The molecule has 0 saturated heterocycles. The minimum Gasteiger partial charge on any atom is -0.321 e. The summed E-state index contributed by atoms with van der Waals surface area (Å²) in [5, 5.41) is 7.00. The molecule has 1 aromatic carbocycles. The van der Waals surface area contributed by atoms with E-state index >= 15 is 0 Å². The van der Waals surface area contributed by atoms with Gasteiger partial charge >= 0.3 is 6.18 Å². The molecule has 0 bridgehead atoms. The highest BCUT2D eigenvalue weighted by molar-refractivity contribution is 7.14. The van der Waals surface area contributed by atoms with E-state index in [4.69, 9.17) is 0 Å². The van der Waals surface area contributed by atoms with Gasteiger partial charge in [-0.3, -0.25) is 4.79 Å². The first-order valence-electron chi connectivity index (χ1n) is 7.14. The molecule has 2 heterocycles. The number of benzene rings is 1. The van der Waals surface area contributed by atoms with Gasteiger partial charge in [0.2, 0.25) is 0 Å². The Morgan fingerprint density at radius 2 is 1.96 bits per heavy atom. The van der Waals surface area contributed by atoms with Crippen molar-refractivity contribution in [1.29, 1.82) is 0 Å².